The van der Waals surface area contributed by atoms with Crippen LogP contribution in [0.3, 0.4) is 0 Å². The number of carboxylic acids is 1. The summed E-state index contributed by atoms with van der Waals surface area (Å²) < 4.78 is 19.1. The Morgan fingerprint density at radius 3 is 2.00 bits per heavy atom. The molecule has 0 saturated heterocycles. The number of rotatable bonds is 9. The number of carboxylic acid groups (broad SMARTS) is 1. The molecule has 0 aliphatic rings. The van der Waals surface area contributed by atoms with Crippen molar-refractivity contribution >= 4 is 17.8 Å². The quantitative estimate of drug-likeness (QED) is 0.598. The smallest absolute Gasteiger partial charge is 0.326 e. The predicted octanol–water partition coefficient (Wildman–Crippen LogP) is 1.99. The SMILES string of the molecule is CN[C@@H](CC(C)(C)C)C(=O)O[C@H](C)C(=O)N(C)C(CC(C)(C)F)C(=O)O. The number of hydrogen-bond acceptors (Lipinski definition) is 5. The molecule has 0 saturated carbocycles. The van der Waals surface area contributed by atoms with Crippen molar-refractivity contribution < 1.29 is 28.6 Å². The number of carbonyl (C=O) groups excluding carboxylic acids is 2. The summed E-state index contributed by atoms with van der Waals surface area (Å²) in [7, 11) is 2.89. The number of likely N-dealkylation sites (N-methyl/N-ethyl adjacent to an activating group) is 2. The number of alkyl halides is 1. The number of halogens is 1. The molecule has 1 amide bonds. The number of esters is 1. The Morgan fingerprint density at radius 1 is 1.15 bits per heavy atom. The molecule has 1 unspecified atom stereocenters. The van der Waals surface area contributed by atoms with Crippen LogP contribution in [0.25, 0.3) is 0 Å². The number of ether oxygens (including phenoxy) is 1. The van der Waals surface area contributed by atoms with E-state index in [-0.39, 0.29) is 11.8 Å². The van der Waals surface area contributed by atoms with E-state index in [4.69, 9.17) is 4.74 Å². The number of aliphatic carboxylic acids is 1. The summed E-state index contributed by atoms with van der Waals surface area (Å²) in [6, 6.07) is -1.94. The summed E-state index contributed by atoms with van der Waals surface area (Å²) in [5.74, 6) is -2.60. The van der Waals surface area contributed by atoms with E-state index in [0.29, 0.717) is 6.42 Å². The standard InChI is InChI=1S/C18H33FN2O5/c1-11(26-16(25)12(20-7)9-17(2,3)4)14(22)21(8)13(15(23)24)10-18(5,6)19/h11-13,20H,9-10H2,1-8H3,(H,23,24)/t11-,12+,13?/m1/s1. The second kappa shape index (κ2) is 9.30. The molecule has 0 aromatic heterocycles. The molecule has 0 fully saturated rings. The summed E-state index contributed by atoms with van der Waals surface area (Å²) in [6.45, 7) is 9.79. The van der Waals surface area contributed by atoms with E-state index in [1.807, 2.05) is 20.8 Å². The number of carbonyl (C=O) groups is 3. The van der Waals surface area contributed by atoms with Crippen LogP contribution < -0.4 is 5.32 Å². The van der Waals surface area contributed by atoms with E-state index in [9.17, 15) is 23.9 Å². The molecule has 8 heteroatoms. The van der Waals surface area contributed by atoms with Crippen LogP contribution in [0.5, 0.6) is 0 Å². The van der Waals surface area contributed by atoms with Gasteiger partial charge in [-0.25, -0.2) is 9.18 Å². The topological polar surface area (TPSA) is 95.9 Å². The average Bonchev–Trinajstić information content (AvgIpc) is 2.46. The summed E-state index contributed by atoms with van der Waals surface area (Å²) in [5, 5.41) is 12.2. The highest BCUT2D eigenvalue weighted by Gasteiger charge is 2.36. The Balaban J connectivity index is 5.07. The summed E-state index contributed by atoms with van der Waals surface area (Å²) in [4.78, 5) is 37.1. The van der Waals surface area contributed by atoms with Gasteiger partial charge in [-0.15, -0.1) is 0 Å². The van der Waals surface area contributed by atoms with Crippen LogP contribution in [0.4, 0.5) is 4.39 Å². The Kier molecular flexibility index (Phi) is 8.69. The Morgan fingerprint density at radius 2 is 1.65 bits per heavy atom. The van der Waals surface area contributed by atoms with Crippen LogP contribution in [-0.4, -0.2) is 65.8 Å². The summed E-state index contributed by atoms with van der Waals surface area (Å²) in [5.41, 5.74) is -1.89. The highest BCUT2D eigenvalue weighted by Crippen LogP contribution is 2.22. The molecule has 0 bridgehead atoms. The predicted molar refractivity (Wildman–Crippen MR) is 96.5 cm³/mol. The molecule has 26 heavy (non-hydrogen) atoms. The van der Waals surface area contributed by atoms with E-state index >= 15 is 0 Å². The van der Waals surface area contributed by atoms with Gasteiger partial charge in [0.1, 0.15) is 17.8 Å². The van der Waals surface area contributed by atoms with Gasteiger partial charge in [0.05, 0.1) is 0 Å². The van der Waals surface area contributed by atoms with Crippen LogP contribution in [-0.2, 0) is 19.1 Å². The zero-order valence-corrected chi connectivity index (χ0v) is 17.1. The first-order chi connectivity index (χ1) is 11.6. The third-order valence-corrected chi connectivity index (χ3v) is 3.87. The maximum absolute atomic E-state index is 13.8. The fraction of sp³-hybridized carbons (Fsp3) is 0.833. The van der Waals surface area contributed by atoms with Crippen molar-refractivity contribution in [3.63, 3.8) is 0 Å². The molecule has 0 spiro atoms. The van der Waals surface area contributed by atoms with Gasteiger partial charge >= 0.3 is 11.9 Å². The van der Waals surface area contributed by atoms with E-state index in [0.717, 1.165) is 4.90 Å². The third-order valence-electron chi connectivity index (χ3n) is 3.87. The molecule has 0 rings (SSSR count). The van der Waals surface area contributed by atoms with Gasteiger partial charge in [-0.3, -0.25) is 9.59 Å². The second-order valence-corrected chi connectivity index (χ2v) is 8.41. The first-order valence-corrected chi connectivity index (χ1v) is 8.65. The van der Waals surface area contributed by atoms with Gasteiger partial charge in [0.2, 0.25) is 0 Å². The number of amides is 1. The fourth-order valence-electron chi connectivity index (χ4n) is 2.51. The van der Waals surface area contributed by atoms with Crippen LogP contribution in [0, 0.1) is 5.41 Å². The van der Waals surface area contributed by atoms with Crippen molar-refractivity contribution in [2.45, 2.75) is 78.2 Å². The van der Waals surface area contributed by atoms with E-state index in [1.54, 1.807) is 7.05 Å². The normalized spacial score (nSPS) is 15.7. The minimum absolute atomic E-state index is 0.127. The zero-order chi connectivity index (χ0) is 20.9. The first kappa shape index (κ1) is 24.3. The lowest BCUT2D eigenvalue weighted by Gasteiger charge is -2.31. The molecule has 0 heterocycles. The molecule has 0 aliphatic carbocycles. The molecule has 152 valence electrons. The van der Waals surface area contributed by atoms with Gasteiger partial charge in [-0.05, 0) is 39.7 Å². The van der Waals surface area contributed by atoms with Crippen molar-refractivity contribution in [1.82, 2.24) is 10.2 Å². The maximum atomic E-state index is 13.8. The summed E-state index contributed by atoms with van der Waals surface area (Å²) >= 11 is 0. The fourth-order valence-corrected chi connectivity index (χ4v) is 2.51. The maximum Gasteiger partial charge on any atom is 0.326 e. The van der Waals surface area contributed by atoms with Gasteiger partial charge < -0.3 is 20.1 Å². The largest absolute Gasteiger partial charge is 0.480 e. The van der Waals surface area contributed by atoms with Crippen LogP contribution in [0.2, 0.25) is 0 Å². The molecule has 2 N–H and O–H groups in total. The zero-order valence-electron chi connectivity index (χ0n) is 17.1. The van der Waals surface area contributed by atoms with Gasteiger partial charge in [-0.1, -0.05) is 20.8 Å². The first-order valence-electron chi connectivity index (χ1n) is 8.65. The van der Waals surface area contributed by atoms with Gasteiger partial charge in [0, 0.05) is 13.5 Å². The average molecular weight is 376 g/mol. The highest BCUT2D eigenvalue weighted by atomic mass is 19.1. The highest BCUT2D eigenvalue weighted by molar-refractivity contribution is 5.88. The molecular formula is C18H33FN2O5. The summed E-state index contributed by atoms with van der Waals surface area (Å²) in [6.07, 6.45) is -1.03. The minimum atomic E-state index is -1.76. The van der Waals surface area contributed by atoms with E-state index < -0.39 is 41.7 Å². The number of nitrogens with zero attached hydrogens (tertiary/aromatic N) is 1. The second-order valence-electron chi connectivity index (χ2n) is 8.41. The molecule has 0 aromatic rings. The molecule has 0 radical (unpaired) electrons. The number of nitrogens with one attached hydrogen (secondary N) is 1. The van der Waals surface area contributed by atoms with Gasteiger partial charge in [0.25, 0.3) is 5.91 Å². The van der Waals surface area contributed by atoms with Gasteiger partial charge in [-0.2, -0.15) is 0 Å². The molecule has 3 atom stereocenters. The van der Waals surface area contributed by atoms with Crippen molar-refractivity contribution in [2.75, 3.05) is 14.1 Å². The lowest BCUT2D eigenvalue weighted by molar-refractivity contribution is -0.164. The van der Waals surface area contributed by atoms with Crippen molar-refractivity contribution in [2.24, 2.45) is 5.41 Å². The Hall–Kier alpha value is -1.70. The van der Waals surface area contributed by atoms with Gasteiger partial charge in [0.15, 0.2) is 6.10 Å². The van der Waals surface area contributed by atoms with Crippen LogP contribution in [0.15, 0.2) is 0 Å². The van der Waals surface area contributed by atoms with E-state index in [1.165, 1.54) is 27.8 Å². The lowest BCUT2D eigenvalue weighted by atomic mass is 9.88. The Labute approximate surface area is 155 Å². The van der Waals surface area contributed by atoms with Crippen LogP contribution >= 0.6 is 0 Å². The third kappa shape index (κ3) is 8.60. The number of hydrogen-bond donors (Lipinski definition) is 2. The Bertz CT molecular complexity index is 511. The van der Waals surface area contributed by atoms with E-state index in [2.05, 4.69) is 5.32 Å². The minimum Gasteiger partial charge on any atom is -0.480 e. The monoisotopic (exact) mass is 376 g/mol. The molecule has 0 aromatic carbocycles. The van der Waals surface area contributed by atoms with Crippen molar-refractivity contribution in [3.8, 4) is 0 Å². The van der Waals surface area contributed by atoms with Crippen molar-refractivity contribution in [3.05, 3.63) is 0 Å². The van der Waals surface area contributed by atoms with Crippen LogP contribution in [0.1, 0.15) is 54.4 Å². The molecule has 0 aliphatic heterocycles. The molecular weight excluding hydrogens is 343 g/mol. The lowest BCUT2D eigenvalue weighted by Crippen LogP contribution is -2.50. The molecule has 7 nitrogen and oxygen atoms in total. The van der Waals surface area contributed by atoms with Crippen molar-refractivity contribution in [1.29, 1.82) is 0 Å².